The lowest BCUT2D eigenvalue weighted by Gasteiger charge is -2.11. The van der Waals surface area contributed by atoms with Crippen molar-refractivity contribution in [2.24, 2.45) is 0 Å². The first-order valence-corrected chi connectivity index (χ1v) is 18.4. The van der Waals surface area contributed by atoms with Crippen molar-refractivity contribution in [1.29, 1.82) is 0 Å². The monoisotopic (exact) mass is 687 g/mol. The van der Waals surface area contributed by atoms with Crippen molar-refractivity contribution >= 4 is 32.6 Å². The Labute approximate surface area is 315 Å². The predicted octanol–water partition coefficient (Wildman–Crippen LogP) is 14.5. The Kier molecular flexibility index (Phi) is 12.0. The lowest BCUT2D eigenvalue weighted by molar-refractivity contribution is 1.20. The molecule has 53 heavy (non-hydrogen) atoms. The largest absolute Gasteiger partial charge is 0.309 e. The van der Waals surface area contributed by atoms with Gasteiger partial charge in [-0.2, -0.15) is 0 Å². The molecular weight excluding hydrogens is 639 g/mol. The van der Waals surface area contributed by atoms with E-state index < -0.39 is 0 Å². The molecule has 262 valence electrons. The van der Waals surface area contributed by atoms with E-state index in [1.54, 1.807) is 0 Å². The minimum absolute atomic E-state index is 1.24. The number of aromatic nitrogens is 1. The smallest absolute Gasteiger partial charge is 0.0541 e. The fourth-order valence-corrected chi connectivity index (χ4v) is 6.72. The lowest BCUT2D eigenvalue weighted by atomic mass is 9.95. The molecular formula is C52H49N. The molecule has 0 amide bonds. The molecule has 1 aromatic heterocycles. The van der Waals surface area contributed by atoms with E-state index in [0.29, 0.717) is 0 Å². The number of nitrogens with zero attached hydrogens (tertiary/aromatic N) is 1. The third kappa shape index (κ3) is 9.01. The van der Waals surface area contributed by atoms with Crippen molar-refractivity contribution in [2.45, 2.75) is 41.5 Å². The van der Waals surface area contributed by atoms with Crippen LogP contribution in [-0.4, -0.2) is 4.57 Å². The maximum Gasteiger partial charge on any atom is 0.0541 e. The third-order valence-corrected chi connectivity index (χ3v) is 9.54. The summed E-state index contributed by atoms with van der Waals surface area (Å²) in [6, 6.07) is 66.2. The van der Waals surface area contributed by atoms with Crippen molar-refractivity contribution in [3.8, 4) is 16.8 Å². The molecule has 0 atom stereocenters. The first-order chi connectivity index (χ1) is 25.8. The van der Waals surface area contributed by atoms with Crippen molar-refractivity contribution in [2.75, 3.05) is 0 Å². The molecule has 0 aliphatic rings. The Hall–Kier alpha value is -6.18. The van der Waals surface area contributed by atoms with E-state index in [9.17, 15) is 0 Å². The van der Waals surface area contributed by atoms with Crippen molar-refractivity contribution < 1.29 is 0 Å². The van der Waals surface area contributed by atoms with E-state index in [1.807, 2.05) is 36.4 Å². The first kappa shape index (κ1) is 36.6. The molecule has 1 nitrogen and oxygen atoms in total. The van der Waals surface area contributed by atoms with Gasteiger partial charge in [0.05, 0.1) is 16.7 Å². The second-order valence-electron chi connectivity index (χ2n) is 13.8. The van der Waals surface area contributed by atoms with Gasteiger partial charge in [0.1, 0.15) is 0 Å². The molecule has 8 aromatic carbocycles. The average molecular weight is 688 g/mol. The summed E-state index contributed by atoms with van der Waals surface area (Å²) in [6.45, 7) is 12.8. The van der Waals surface area contributed by atoms with Crippen molar-refractivity contribution in [3.05, 3.63) is 221 Å². The molecule has 0 bridgehead atoms. The average Bonchev–Trinajstić information content (AvgIpc) is 3.50. The van der Waals surface area contributed by atoms with E-state index in [0.717, 1.165) is 0 Å². The van der Waals surface area contributed by atoms with Gasteiger partial charge in [-0.3, -0.25) is 0 Å². The second-order valence-corrected chi connectivity index (χ2v) is 13.8. The molecule has 0 N–H and O–H groups in total. The summed E-state index contributed by atoms with van der Waals surface area (Å²) in [5.41, 5.74) is 14.4. The normalized spacial score (nSPS) is 10.5. The Bertz CT molecular complexity index is 2510. The van der Waals surface area contributed by atoms with Gasteiger partial charge in [0.15, 0.2) is 0 Å². The molecule has 0 radical (unpaired) electrons. The number of hydrogen-bond donors (Lipinski definition) is 0. The van der Waals surface area contributed by atoms with Gasteiger partial charge in [-0.25, -0.2) is 0 Å². The summed E-state index contributed by atoms with van der Waals surface area (Å²) in [5.74, 6) is 0. The van der Waals surface area contributed by atoms with Gasteiger partial charge < -0.3 is 4.57 Å². The first-order valence-electron chi connectivity index (χ1n) is 18.4. The van der Waals surface area contributed by atoms with Crippen LogP contribution in [0.5, 0.6) is 0 Å². The summed E-state index contributed by atoms with van der Waals surface area (Å²) in [7, 11) is 0. The molecule has 1 heterocycles. The fraction of sp³-hybridized carbons (Fsp3) is 0.115. The van der Waals surface area contributed by atoms with Gasteiger partial charge in [-0.15, -0.1) is 0 Å². The molecule has 0 aliphatic heterocycles. The molecule has 0 spiro atoms. The summed E-state index contributed by atoms with van der Waals surface area (Å²) >= 11 is 0. The Morgan fingerprint density at radius 3 is 1.47 bits per heavy atom. The highest BCUT2D eigenvalue weighted by Crippen LogP contribution is 2.35. The summed E-state index contributed by atoms with van der Waals surface area (Å²) < 4.78 is 2.40. The van der Waals surface area contributed by atoms with E-state index in [1.165, 1.54) is 82.8 Å². The molecule has 1 heteroatoms. The summed E-state index contributed by atoms with van der Waals surface area (Å²) in [5, 5.41) is 5.18. The Morgan fingerprint density at radius 1 is 0.302 bits per heavy atom. The Morgan fingerprint density at radius 2 is 0.811 bits per heavy atom. The lowest BCUT2D eigenvalue weighted by Crippen LogP contribution is -1.94. The maximum absolute atomic E-state index is 2.40. The summed E-state index contributed by atoms with van der Waals surface area (Å²) in [4.78, 5) is 0. The zero-order valence-electron chi connectivity index (χ0n) is 31.8. The number of aryl methyl sites for hydroxylation is 6. The van der Waals surface area contributed by atoms with Crippen LogP contribution in [0.1, 0.15) is 33.4 Å². The zero-order valence-corrected chi connectivity index (χ0v) is 31.8. The molecule has 9 rings (SSSR count). The standard InChI is InChI=1S/C23H17N.C15H16.2C7H8/c1-16-13-14-23-20(15-16)19-10-4-5-11-22(19)24(23)21-12-6-8-17-7-2-3-9-18(17)21;1-11-8-9-13(3)15(10-11)14-7-5-4-6-12(14)2;2*1-7-5-3-2-4-6-7/h2-15H,1H3;4-10H,1-3H3;2*2-6H,1H3. The highest BCUT2D eigenvalue weighted by molar-refractivity contribution is 6.10. The molecule has 0 unspecified atom stereocenters. The number of rotatable bonds is 2. The number of hydrogen-bond acceptors (Lipinski definition) is 0. The van der Waals surface area contributed by atoms with Gasteiger partial charge in [0, 0.05) is 16.2 Å². The van der Waals surface area contributed by atoms with E-state index in [4.69, 9.17) is 0 Å². The van der Waals surface area contributed by atoms with E-state index >= 15 is 0 Å². The van der Waals surface area contributed by atoms with Crippen molar-refractivity contribution in [3.63, 3.8) is 0 Å². The quantitative estimate of drug-likeness (QED) is 0.170. The van der Waals surface area contributed by atoms with Crippen LogP contribution in [0.25, 0.3) is 49.4 Å². The molecule has 9 aromatic rings. The summed E-state index contributed by atoms with van der Waals surface area (Å²) in [6.07, 6.45) is 0. The maximum atomic E-state index is 2.40. The van der Waals surface area contributed by atoms with Crippen LogP contribution < -0.4 is 0 Å². The van der Waals surface area contributed by atoms with Gasteiger partial charge in [-0.05, 0) is 93.4 Å². The molecule has 0 aliphatic carbocycles. The van der Waals surface area contributed by atoms with Gasteiger partial charge in [0.2, 0.25) is 0 Å². The van der Waals surface area contributed by atoms with Crippen LogP contribution in [0.15, 0.2) is 188 Å². The molecule has 0 saturated heterocycles. The van der Waals surface area contributed by atoms with Crippen LogP contribution in [0.2, 0.25) is 0 Å². The Balaban J connectivity index is 0.000000140. The minimum Gasteiger partial charge on any atom is -0.309 e. The molecule has 0 saturated carbocycles. The predicted molar refractivity (Wildman–Crippen MR) is 231 cm³/mol. The van der Waals surface area contributed by atoms with Gasteiger partial charge >= 0.3 is 0 Å². The van der Waals surface area contributed by atoms with Crippen LogP contribution in [0.4, 0.5) is 0 Å². The van der Waals surface area contributed by atoms with E-state index in [2.05, 4.69) is 198 Å². The minimum atomic E-state index is 1.24. The van der Waals surface area contributed by atoms with Crippen LogP contribution in [-0.2, 0) is 0 Å². The van der Waals surface area contributed by atoms with Gasteiger partial charge in [-0.1, -0.05) is 186 Å². The third-order valence-electron chi connectivity index (χ3n) is 9.54. The topological polar surface area (TPSA) is 4.93 Å². The number of fused-ring (bicyclic) bond motifs is 4. The van der Waals surface area contributed by atoms with Gasteiger partial charge in [0.25, 0.3) is 0 Å². The van der Waals surface area contributed by atoms with Crippen LogP contribution >= 0.6 is 0 Å². The van der Waals surface area contributed by atoms with E-state index in [-0.39, 0.29) is 0 Å². The highest BCUT2D eigenvalue weighted by Gasteiger charge is 2.13. The van der Waals surface area contributed by atoms with Crippen LogP contribution in [0, 0.1) is 41.5 Å². The number of para-hydroxylation sites is 1. The second kappa shape index (κ2) is 17.4. The zero-order chi connectivity index (χ0) is 37.2. The number of benzene rings is 8. The highest BCUT2D eigenvalue weighted by atomic mass is 15.0. The van der Waals surface area contributed by atoms with Crippen molar-refractivity contribution in [1.82, 2.24) is 4.57 Å². The molecule has 0 fully saturated rings. The fourth-order valence-electron chi connectivity index (χ4n) is 6.72. The van der Waals surface area contributed by atoms with Crippen LogP contribution in [0.3, 0.4) is 0 Å². The SMILES string of the molecule is Cc1ccc(C)c(-c2ccccc2C)c1.Cc1ccc2c(c1)c1ccccc1n2-c1cccc2ccccc12.Cc1ccccc1.Cc1ccccc1.